The first kappa shape index (κ1) is 21.0. The second-order valence-corrected chi connectivity index (χ2v) is 7.78. The molecule has 1 unspecified atom stereocenters. The van der Waals surface area contributed by atoms with E-state index in [0.717, 1.165) is 57.3 Å². The van der Waals surface area contributed by atoms with E-state index in [-0.39, 0.29) is 11.9 Å². The number of unbranched alkanes of at least 4 members (excludes halogenated alkanes) is 1. The van der Waals surface area contributed by atoms with Crippen molar-refractivity contribution in [2.75, 3.05) is 52.9 Å². The molecule has 0 amide bonds. The lowest BCUT2D eigenvalue weighted by molar-refractivity contribution is -0.146. The van der Waals surface area contributed by atoms with Crippen LogP contribution in [0.5, 0.6) is 0 Å². The number of carbonyl (C=O) groups is 1. The summed E-state index contributed by atoms with van der Waals surface area (Å²) in [6.45, 7) is 11.7. The Bertz CT molecular complexity index is 447. The van der Waals surface area contributed by atoms with Gasteiger partial charge in [-0.05, 0) is 64.5 Å². The normalized spacial score (nSPS) is 23.1. The summed E-state index contributed by atoms with van der Waals surface area (Å²) in [5, 5.41) is 3.41. The Hall–Kier alpha value is -1.30. The molecule has 2 rings (SSSR count). The van der Waals surface area contributed by atoms with Crippen molar-refractivity contribution in [2.45, 2.75) is 52.4 Å². The Morgan fingerprint density at radius 2 is 1.96 bits per heavy atom. The SMILES string of the molecule is CCNC(=NCCCCN1CCCC(C)C1)N1CCC(C(=O)OC)CC1. The van der Waals surface area contributed by atoms with Gasteiger partial charge >= 0.3 is 5.97 Å². The summed E-state index contributed by atoms with van der Waals surface area (Å²) in [4.78, 5) is 21.4. The van der Waals surface area contributed by atoms with Gasteiger partial charge in [-0.3, -0.25) is 9.79 Å². The van der Waals surface area contributed by atoms with Crippen LogP contribution in [0.15, 0.2) is 4.99 Å². The molecule has 0 aromatic carbocycles. The molecule has 0 spiro atoms. The topological polar surface area (TPSA) is 57.2 Å². The van der Waals surface area contributed by atoms with E-state index in [9.17, 15) is 4.79 Å². The van der Waals surface area contributed by atoms with Crippen molar-refractivity contribution < 1.29 is 9.53 Å². The number of ether oxygens (including phenoxy) is 1. The third-order valence-electron chi connectivity index (χ3n) is 5.55. The molecular formula is C20H38N4O2. The first-order valence-electron chi connectivity index (χ1n) is 10.5. The quantitative estimate of drug-likeness (QED) is 0.324. The number of rotatable bonds is 7. The highest BCUT2D eigenvalue weighted by molar-refractivity contribution is 5.80. The zero-order chi connectivity index (χ0) is 18.8. The molecule has 1 atom stereocenters. The van der Waals surface area contributed by atoms with Crippen LogP contribution < -0.4 is 5.32 Å². The first-order chi connectivity index (χ1) is 12.6. The summed E-state index contributed by atoms with van der Waals surface area (Å²) in [5.41, 5.74) is 0. The van der Waals surface area contributed by atoms with E-state index < -0.39 is 0 Å². The van der Waals surface area contributed by atoms with E-state index in [1.54, 1.807) is 0 Å². The maximum absolute atomic E-state index is 11.7. The number of esters is 1. The Balaban J connectivity index is 1.70. The molecule has 2 aliphatic rings. The smallest absolute Gasteiger partial charge is 0.308 e. The fourth-order valence-electron chi connectivity index (χ4n) is 4.04. The van der Waals surface area contributed by atoms with Crippen molar-refractivity contribution in [3.8, 4) is 0 Å². The molecule has 2 fully saturated rings. The maximum Gasteiger partial charge on any atom is 0.308 e. The van der Waals surface area contributed by atoms with Crippen molar-refractivity contribution in [3.05, 3.63) is 0 Å². The van der Waals surface area contributed by atoms with Crippen LogP contribution in [0.4, 0.5) is 0 Å². The number of hydrogen-bond donors (Lipinski definition) is 1. The summed E-state index contributed by atoms with van der Waals surface area (Å²) in [6.07, 6.45) is 6.80. The molecule has 6 nitrogen and oxygen atoms in total. The standard InChI is InChI=1S/C20H38N4O2/c1-4-21-20(24-14-9-18(10-15-24)19(25)26-3)22-11-5-6-12-23-13-7-8-17(2)16-23/h17-18H,4-16H2,1-3H3,(H,21,22). The van der Waals surface area contributed by atoms with Gasteiger partial charge in [0.25, 0.3) is 0 Å². The fraction of sp³-hybridized carbons (Fsp3) is 0.900. The molecule has 26 heavy (non-hydrogen) atoms. The molecule has 2 saturated heterocycles. The Morgan fingerprint density at radius 1 is 1.19 bits per heavy atom. The number of likely N-dealkylation sites (tertiary alicyclic amines) is 2. The van der Waals surface area contributed by atoms with Crippen LogP contribution in [0.1, 0.15) is 52.4 Å². The summed E-state index contributed by atoms with van der Waals surface area (Å²) in [5.74, 6) is 1.84. The van der Waals surface area contributed by atoms with Gasteiger partial charge < -0.3 is 19.9 Å². The van der Waals surface area contributed by atoms with Crippen molar-refractivity contribution in [1.29, 1.82) is 0 Å². The second kappa shape index (κ2) is 11.4. The Morgan fingerprint density at radius 3 is 2.62 bits per heavy atom. The minimum atomic E-state index is -0.0707. The van der Waals surface area contributed by atoms with Gasteiger partial charge in [0.1, 0.15) is 0 Å². The molecular weight excluding hydrogens is 328 g/mol. The number of aliphatic imine (C=N–C) groups is 1. The number of hydrogen-bond acceptors (Lipinski definition) is 4. The Labute approximate surface area is 159 Å². The third kappa shape index (κ3) is 6.78. The molecule has 0 aromatic rings. The van der Waals surface area contributed by atoms with Gasteiger partial charge in [-0.25, -0.2) is 0 Å². The second-order valence-electron chi connectivity index (χ2n) is 7.78. The number of methoxy groups -OCH3 is 1. The number of guanidine groups is 1. The molecule has 2 aliphatic heterocycles. The van der Waals surface area contributed by atoms with E-state index in [1.165, 1.54) is 46.0 Å². The van der Waals surface area contributed by atoms with Gasteiger partial charge in [0.05, 0.1) is 13.0 Å². The van der Waals surface area contributed by atoms with Gasteiger partial charge in [0.2, 0.25) is 0 Å². The summed E-state index contributed by atoms with van der Waals surface area (Å²) >= 11 is 0. The lowest BCUT2D eigenvalue weighted by atomic mass is 9.97. The number of piperidine rings is 2. The molecule has 6 heteroatoms. The lowest BCUT2D eigenvalue weighted by Gasteiger charge is -2.33. The molecule has 0 saturated carbocycles. The number of nitrogens with one attached hydrogen (secondary N) is 1. The van der Waals surface area contributed by atoms with Crippen LogP contribution in [-0.2, 0) is 9.53 Å². The van der Waals surface area contributed by atoms with Gasteiger partial charge in [0.15, 0.2) is 5.96 Å². The van der Waals surface area contributed by atoms with Crippen LogP contribution in [0.25, 0.3) is 0 Å². The van der Waals surface area contributed by atoms with Crippen LogP contribution >= 0.6 is 0 Å². The van der Waals surface area contributed by atoms with Crippen LogP contribution in [-0.4, -0.2) is 74.7 Å². The zero-order valence-corrected chi connectivity index (χ0v) is 17.0. The maximum atomic E-state index is 11.7. The van der Waals surface area contributed by atoms with Gasteiger partial charge in [-0.1, -0.05) is 6.92 Å². The predicted octanol–water partition coefficient (Wildman–Crippen LogP) is 2.35. The molecule has 2 heterocycles. The van der Waals surface area contributed by atoms with E-state index >= 15 is 0 Å². The summed E-state index contributed by atoms with van der Waals surface area (Å²) < 4.78 is 4.87. The number of nitrogens with zero attached hydrogens (tertiary/aromatic N) is 3. The van der Waals surface area contributed by atoms with Crippen molar-refractivity contribution in [2.24, 2.45) is 16.8 Å². The van der Waals surface area contributed by atoms with E-state index in [2.05, 4.69) is 29.0 Å². The first-order valence-corrected chi connectivity index (χ1v) is 10.5. The highest BCUT2D eigenvalue weighted by atomic mass is 16.5. The average Bonchev–Trinajstić information content (AvgIpc) is 2.66. The van der Waals surface area contributed by atoms with Crippen LogP contribution in [0.2, 0.25) is 0 Å². The van der Waals surface area contributed by atoms with Gasteiger partial charge in [-0.15, -0.1) is 0 Å². The monoisotopic (exact) mass is 366 g/mol. The highest BCUT2D eigenvalue weighted by Crippen LogP contribution is 2.19. The average molecular weight is 367 g/mol. The number of carbonyl (C=O) groups excluding carboxylic acids is 1. The molecule has 0 aliphatic carbocycles. The Kier molecular flexibility index (Phi) is 9.23. The van der Waals surface area contributed by atoms with Crippen molar-refractivity contribution >= 4 is 11.9 Å². The van der Waals surface area contributed by atoms with Crippen LogP contribution in [0, 0.1) is 11.8 Å². The summed E-state index contributed by atoms with van der Waals surface area (Å²) in [7, 11) is 1.48. The molecule has 0 aromatic heterocycles. The van der Waals surface area contributed by atoms with Crippen LogP contribution in [0.3, 0.4) is 0 Å². The minimum absolute atomic E-state index is 0.0473. The van der Waals surface area contributed by atoms with Crippen molar-refractivity contribution in [3.63, 3.8) is 0 Å². The lowest BCUT2D eigenvalue weighted by Crippen LogP contribution is -2.46. The zero-order valence-electron chi connectivity index (χ0n) is 17.0. The highest BCUT2D eigenvalue weighted by Gasteiger charge is 2.26. The minimum Gasteiger partial charge on any atom is -0.469 e. The fourth-order valence-corrected chi connectivity index (χ4v) is 4.04. The largest absolute Gasteiger partial charge is 0.469 e. The molecule has 0 radical (unpaired) electrons. The van der Waals surface area contributed by atoms with E-state index in [0.29, 0.717) is 0 Å². The molecule has 150 valence electrons. The predicted molar refractivity (Wildman–Crippen MR) is 106 cm³/mol. The van der Waals surface area contributed by atoms with E-state index in [4.69, 9.17) is 9.73 Å². The summed E-state index contributed by atoms with van der Waals surface area (Å²) in [6, 6.07) is 0. The third-order valence-corrected chi connectivity index (χ3v) is 5.55. The van der Waals surface area contributed by atoms with Gasteiger partial charge in [0, 0.05) is 32.7 Å². The van der Waals surface area contributed by atoms with Crippen molar-refractivity contribution in [1.82, 2.24) is 15.1 Å². The van der Waals surface area contributed by atoms with E-state index in [1.807, 2.05) is 0 Å². The molecule has 1 N–H and O–H groups in total. The van der Waals surface area contributed by atoms with Gasteiger partial charge in [-0.2, -0.15) is 0 Å². The molecule has 0 bridgehead atoms.